The molecule has 2 aliphatic rings. The summed E-state index contributed by atoms with van der Waals surface area (Å²) < 4.78 is 15.9. The molecule has 35 heavy (non-hydrogen) atoms. The minimum Gasteiger partial charge on any atom is -0.391 e. The van der Waals surface area contributed by atoms with Gasteiger partial charge in [0.15, 0.2) is 0 Å². The fourth-order valence-electron chi connectivity index (χ4n) is 5.36. The van der Waals surface area contributed by atoms with Gasteiger partial charge in [0.05, 0.1) is 22.6 Å². The lowest BCUT2D eigenvalue weighted by Crippen LogP contribution is -2.53. The van der Waals surface area contributed by atoms with Crippen LogP contribution in [0.15, 0.2) is 53.3 Å². The van der Waals surface area contributed by atoms with Crippen molar-refractivity contribution in [2.24, 2.45) is 0 Å². The molecule has 1 aromatic heterocycles. The summed E-state index contributed by atoms with van der Waals surface area (Å²) >= 11 is 0. The van der Waals surface area contributed by atoms with Gasteiger partial charge in [0.25, 0.3) is 0 Å². The van der Waals surface area contributed by atoms with E-state index in [0.717, 1.165) is 6.42 Å². The van der Waals surface area contributed by atoms with E-state index in [1.807, 2.05) is 6.07 Å². The Labute approximate surface area is 201 Å². The first-order valence-electron chi connectivity index (χ1n) is 12.1. The van der Waals surface area contributed by atoms with Crippen molar-refractivity contribution < 1.29 is 19.1 Å². The van der Waals surface area contributed by atoms with Crippen molar-refractivity contribution in [1.82, 2.24) is 19.8 Å². The summed E-state index contributed by atoms with van der Waals surface area (Å²) in [5.41, 5.74) is 0.473. The number of hydrogen-bond donors (Lipinski definition) is 3. The SMILES string of the molecule is O=C(Cn1c(=O)[nH]c2ccccc21)N1CC[C@@H](NC(=O)C2(c3ccccc3F)CCC2)C[C@@H](O)C1. The van der Waals surface area contributed by atoms with Gasteiger partial charge in [0.1, 0.15) is 12.4 Å². The zero-order valence-electron chi connectivity index (χ0n) is 19.4. The van der Waals surface area contributed by atoms with Crippen LogP contribution >= 0.6 is 0 Å². The van der Waals surface area contributed by atoms with E-state index in [4.69, 9.17) is 0 Å². The monoisotopic (exact) mass is 480 g/mol. The number of H-pyrrole nitrogens is 1. The number of nitrogens with zero attached hydrogens (tertiary/aromatic N) is 2. The van der Waals surface area contributed by atoms with Gasteiger partial charge in [0.2, 0.25) is 11.8 Å². The molecule has 2 fully saturated rings. The first-order chi connectivity index (χ1) is 16.9. The van der Waals surface area contributed by atoms with Crippen LogP contribution in [-0.2, 0) is 21.5 Å². The second-order valence-corrected chi connectivity index (χ2v) is 9.64. The highest BCUT2D eigenvalue weighted by molar-refractivity contribution is 5.89. The number of aromatic amines is 1. The van der Waals surface area contributed by atoms with Crippen molar-refractivity contribution in [3.8, 4) is 0 Å². The molecule has 1 saturated carbocycles. The maximum absolute atomic E-state index is 14.5. The minimum absolute atomic E-state index is 0.126. The molecule has 0 radical (unpaired) electrons. The van der Waals surface area contributed by atoms with Gasteiger partial charge in [-0.05, 0) is 43.9 Å². The van der Waals surface area contributed by atoms with Gasteiger partial charge in [-0.3, -0.25) is 14.2 Å². The number of carbonyl (C=O) groups is 2. The molecule has 3 N–H and O–H groups in total. The highest BCUT2D eigenvalue weighted by Crippen LogP contribution is 2.45. The standard InChI is InChI=1S/C26H29FN4O4/c27-20-7-2-1-6-19(20)26(11-5-12-26)24(34)28-17-10-13-30(15-18(32)14-17)23(33)16-31-22-9-4-3-8-21(22)29-25(31)35/h1-4,6-9,17-18,32H,5,10-16H2,(H,28,34)(H,29,35)/t17-,18-/m1/s1. The van der Waals surface area contributed by atoms with Crippen LogP contribution in [0.5, 0.6) is 0 Å². The number of benzene rings is 2. The predicted octanol–water partition coefficient (Wildman–Crippen LogP) is 2.06. The highest BCUT2D eigenvalue weighted by Gasteiger charge is 2.47. The number of amides is 2. The molecule has 1 aliphatic carbocycles. The molecule has 0 spiro atoms. The van der Waals surface area contributed by atoms with Gasteiger partial charge in [-0.1, -0.05) is 36.8 Å². The second kappa shape index (κ2) is 9.30. The molecule has 3 aromatic rings. The van der Waals surface area contributed by atoms with Gasteiger partial charge in [-0.15, -0.1) is 0 Å². The smallest absolute Gasteiger partial charge is 0.326 e. The Bertz CT molecular complexity index is 1310. The van der Waals surface area contributed by atoms with Crippen LogP contribution in [0.3, 0.4) is 0 Å². The van der Waals surface area contributed by atoms with Gasteiger partial charge in [-0.25, -0.2) is 9.18 Å². The Kier molecular flexibility index (Phi) is 6.19. The van der Waals surface area contributed by atoms with E-state index in [9.17, 15) is 23.9 Å². The number of aromatic nitrogens is 2. The van der Waals surface area contributed by atoms with E-state index in [2.05, 4.69) is 10.3 Å². The number of rotatable bonds is 5. The average molecular weight is 481 g/mol. The summed E-state index contributed by atoms with van der Waals surface area (Å²) in [7, 11) is 0. The minimum atomic E-state index is -0.880. The number of carbonyl (C=O) groups excluding carboxylic acids is 2. The Morgan fingerprint density at radius 1 is 1.14 bits per heavy atom. The van der Waals surface area contributed by atoms with Crippen LogP contribution in [0.1, 0.15) is 37.7 Å². The number of nitrogens with one attached hydrogen (secondary N) is 2. The number of para-hydroxylation sites is 2. The van der Waals surface area contributed by atoms with Crippen LogP contribution < -0.4 is 11.0 Å². The molecule has 0 unspecified atom stereocenters. The number of imidazole rings is 1. The van der Waals surface area contributed by atoms with Crippen LogP contribution in [0.2, 0.25) is 0 Å². The summed E-state index contributed by atoms with van der Waals surface area (Å²) in [5.74, 6) is -0.881. The molecule has 2 amide bonds. The number of likely N-dealkylation sites (tertiary alicyclic amines) is 1. The van der Waals surface area contributed by atoms with Crippen LogP contribution in [0.25, 0.3) is 11.0 Å². The molecule has 1 aliphatic heterocycles. The molecule has 9 heteroatoms. The summed E-state index contributed by atoms with van der Waals surface area (Å²) in [4.78, 5) is 43.0. The molecule has 8 nitrogen and oxygen atoms in total. The van der Waals surface area contributed by atoms with E-state index in [-0.39, 0.29) is 42.5 Å². The molecular weight excluding hydrogens is 451 g/mol. The summed E-state index contributed by atoms with van der Waals surface area (Å²) in [6, 6.07) is 13.2. The average Bonchev–Trinajstić information content (AvgIpc) is 2.98. The van der Waals surface area contributed by atoms with Gasteiger partial charge in [-0.2, -0.15) is 0 Å². The van der Waals surface area contributed by atoms with Crippen LogP contribution in [-0.4, -0.2) is 56.6 Å². The van der Waals surface area contributed by atoms with Gasteiger partial charge in [0, 0.05) is 24.7 Å². The van der Waals surface area contributed by atoms with Crippen molar-refractivity contribution in [2.75, 3.05) is 13.1 Å². The maximum atomic E-state index is 14.5. The van der Waals surface area contributed by atoms with E-state index < -0.39 is 11.5 Å². The lowest BCUT2D eigenvalue weighted by molar-refractivity contribution is -0.133. The molecule has 1 saturated heterocycles. The molecule has 2 aromatic carbocycles. The van der Waals surface area contributed by atoms with E-state index >= 15 is 0 Å². The molecule has 0 bridgehead atoms. The number of β-amino-alcohol motifs (C(OH)–C–C–N with tert-alkyl or cyclic N) is 1. The second-order valence-electron chi connectivity index (χ2n) is 9.64. The first kappa shape index (κ1) is 23.3. The lowest BCUT2D eigenvalue weighted by Gasteiger charge is -2.41. The summed E-state index contributed by atoms with van der Waals surface area (Å²) in [6.07, 6.45) is 1.96. The van der Waals surface area contributed by atoms with Gasteiger partial charge < -0.3 is 20.3 Å². The lowest BCUT2D eigenvalue weighted by atomic mass is 9.63. The van der Waals surface area contributed by atoms with Crippen LogP contribution in [0, 0.1) is 5.82 Å². The third-order valence-electron chi connectivity index (χ3n) is 7.43. The zero-order valence-corrected chi connectivity index (χ0v) is 19.4. The number of hydrogen-bond acceptors (Lipinski definition) is 4. The zero-order chi connectivity index (χ0) is 24.6. The fourth-order valence-corrected chi connectivity index (χ4v) is 5.36. The first-order valence-corrected chi connectivity index (χ1v) is 12.1. The Hall–Kier alpha value is -3.46. The Morgan fingerprint density at radius 3 is 2.63 bits per heavy atom. The summed E-state index contributed by atoms with van der Waals surface area (Å²) in [6.45, 7) is 0.328. The molecule has 2 heterocycles. The Balaban J connectivity index is 1.26. The Morgan fingerprint density at radius 2 is 1.89 bits per heavy atom. The molecule has 5 rings (SSSR count). The highest BCUT2D eigenvalue weighted by atomic mass is 19.1. The van der Waals surface area contributed by atoms with E-state index in [1.165, 1.54) is 10.6 Å². The molecule has 184 valence electrons. The van der Waals surface area contributed by atoms with Gasteiger partial charge >= 0.3 is 5.69 Å². The number of aliphatic hydroxyl groups excluding tert-OH is 1. The molecular formula is C26H29FN4O4. The van der Waals surface area contributed by atoms with Crippen molar-refractivity contribution >= 4 is 22.8 Å². The number of fused-ring (bicyclic) bond motifs is 1. The van der Waals surface area contributed by atoms with E-state index in [0.29, 0.717) is 48.8 Å². The van der Waals surface area contributed by atoms with Crippen LogP contribution in [0.4, 0.5) is 4.39 Å². The predicted molar refractivity (Wildman–Crippen MR) is 128 cm³/mol. The largest absolute Gasteiger partial charge is 0.391 e. The van der Waals surface area contributed by atoms with Crippen molar-refractivity contribution in [3.63, 3.8) is 0 Å². The molecule has 2 atom stereocenters. The van der Waals surface area contributed by atoms with E-state index in [1.54, 1.807) is 41.3 Å². The maximum Gasteiger partial charge on any atom is 0.326 e. The van der Waals surface area contributed by atoms with Crippen molar-refractivity contribution in [2.45, 2.75) is 56.2 Å². The number of aliphatic hydroxyl groups is 1. The quantitative estimate of drug-likeness (QED) is 0.520. The normalized spacial score (nSPS) is 21.8. The van der Waals surface area contributed by atoms with Crippen molar-refractivity contribution in [3.05, 3.63) is 70.4 Å². The fraction of sp³-hybridized carbons (Fsp3) is 0.423. The summed E-state index contributed by atoms with van der Waals surface area (Å²) in [5, 5.41) is 13.6. The third-order valence-corrected chi connectivity index (χ3v) is 7.43. The third kappa shape index (κ3) is 4.36. The van der Waals surface area contributed by atoms with Crippen molar-refractivity contribution in [1.29, 1.82) is 0 Å². The topological polar surface area (TPSA) is 107 Å². The number of halogens is 1.